The van der Waals surface area contributed by atoms with Gasteiger partial charge in [0.1, 0.15) is 11.5 Å². The molecule has 1 N–H and O–H groups in total. The highest BCUT2D eigenvalue weighted by molar-refractivity contribution is 6.31. The van der Waals surface area contributed by atoms with E-state index in [0.717, 1.165) is 0 Å². The first-order chi connectivity index (χ1) is 12.3. The van der Waals surface area contributed by atoms with Crippen LogP contribution in [0.5, 0.6) is 0 Å². The van der Waals surface area contributed by atoms with E-state index in [2.05, 4.69) is 10.3 Å². The fourth-order valence-corrected chi connectivity index (χ4v) is 2.60. The number of aliphatic hydroxyl groups is 1. The van der Waals surface area contributed by atoms with Crippen LogP contribution in [0, 0.1) is 5.82 Å². The first-order valence-electron chi connectivity index (χ1n) is 7.44. The maximum atomic E-state index is 13.8. The molecular formula is C17H12ClF4N3O. The number of rotatable bonds is 4. The SMILES string of the molecule is OC(c1ccc(-c2cn(Cc3c(F)cccc3Cl)nn2)cc1)C(F)(F)F. The van der Waals surface area contributed by atoms with E-state index in [0.29, 0.717) is 11.3 Å². The van der Waals surface area contributed by atoms with E-state index in [4.69, 9.17) is 11.6 Å². The molecule has 2 aromatic carbocycles. The molecule has 0 aliphatic heterocycles. The monoisotopic (exact) mass is 385 g/mol. The van der Waals surface area contributed by atoms with Crippen LogP contribution in [0.15, 0.2) is 48.7 Å². The van der Waals surface area contributed by atoms with Crippen molar-refractivity contribution in [3.05, 3.63) is 70.6 Å². The van der Waals surface area contributed by atoms with Crippen LogP contribution < -0.4 is 0 Å². The number of hydrogen-bond donors (Lipinski definition) is 1. The van der Waals surface area contributed by atoms with Gasteiger partial charge in [0.25, 0.3) is 0 Å². The van der Waals surface area contributed by atoms with Crippen molar-refractivity contribution in [3.63, 3.8) is 0 Å². The molecule has 1 aromatic heterocycles. The lowest BCUT2D eigenvalue weighted by atomic mass is 10.1. The summed E-state index contributed by atoms with van der Waals surface area (Å²) in [6.45, 7) is 0.0589. The summed E-state index contributed by atoms with van der Waals surface area (Å²) in [5.74, 6) is -0.472. The summed E-state index contributed by atoms with van der Waals surface area (Å²) in [5.41, 5.74) is 0.889. The van der Waals surface area contributed by atoms with Gasteiger partial charge in [0.05, 0.1) is 12.7 Å². The lowest BCUT2D eigenvalue weighted by Crippen LogP contribution is -2.19. The minimum Gasteiger partial charge on any atom is -0.379 e. The van der Waals surface area contributed by atoms with Gasteiger partial charge in [-0.15, -0.1) is 5.10 Å². The average Bonchev–Trinajstić information content (AvgIpc) is 3.06. The summed E-state index contributed by atoms with van der Waals surface area (Å²) in [5, 5.41) is 17.3. The van der Waals surface area contributed by atoms with Crippen molar-refractivity contribution in [2.75, 3.05) is 0 Å². The second-order valence-corrected chi connectivity index (χ2v) is 5.97. The third-order valence-corrected chi connectivity index (χ3v) is 4.11. The number of aliphatic hydroxyl groups excluding tert-OH is 1. The van der Waals surface area contributed by atoms with Gasteiger partial charge in [-0.1, -0.05) is 47.1 Å². The normalized spacial score (nSPS) is 13.0. The summed E-state index contributed by atoms with van der Waals surface area (Å²) in [7, 11) is 0. The number of hydrogen-bond acceptors (Lipinski definition) is 3. The lowest BCUT2D eigenvalue weighted by molar-refractivity contribution is -0.206. The molecule has 0 spiro atoms. The van der Waals surface area contributed by atoms with E-state index < -0.39 is 18.1 Å². The maximum absolute atomic E-state index is 13.8. The van der Waals surface area contributed by atoms with Gasteiger partial charge in [0.2, 0.25) is 0 Å². The van der Waals surface area contributed by atoms with Crippen molar-refractivity contribution in [2.24, 2.45) is 0 Å². The number of alkyl halides is 3. The molecular weight excluding hydrogens is 374 g/mol. The quantitative estimate of drug-likeness (QED) is 0.678. The Morgan fingerprint density at radius 1 is 1.12 bits per heavy atom. The molecule has 1 unspecified atom stereocenters. The standard InChI is InChI=1S/C17H12ClF4N3O/c18-13-2-1-3-14(19)12(13)8-25-9-15(23-24-25)10-4-6-11(7-5-10)16(26)17(20,21)22/h1-7,9,16,26H,8H2. The molecule has 4 nitrogen and oxygen atoms in total. The van der Waals surface area contributed by atoms with Crippen LogP contribution in [0.1, 0.15) is 17.2 Å². The lowest BCUT2D eigenvalue weighted by Gasteiger charge is -2.14. The Labute approximate surface area is 150 Å². The van der Waals surface area contributed by atoms with Crippen LogP contribution >= 0.6 is 11.6 Å². The van der Waals surface area contributed by atoms with Gasteiger partial charge < -0.3 is 5.11 Å². The van der Waals surface area contributed by atoms with Crippen LogP contribution in [0.3, 0.4) is 0 Å². The molecule has 136 valence electrons. The van der Waals surface area contributed by atoms with Crippen LogP contribution in [0.4, 0.5) is 17.6 Å². The van der Waals surface area contributed by atoms with Gasteiger partial charge in [0, 0.05) is 16.1 Å². The number of benzene rings is 2. The largest absolute Gasteiger partial charge is 0.418 e. The second kappa shape index (κ2) is 7.05. The van der Waals surface area contributed by atoms with Crippen LogP contribution in [0.25, 0.3) is 11.3 Å². The zero-order valence-corrected chi connectivity index (χ0v) is 13.8. The fourth-order valence-electron chi connectivity index (χ4n) is 2.38. The van der Waals surface area contributed by atoms with Crippen molar-refractivity contribution in [2.45, 2.75) is 18.8 Å². The van der Waals surface area contributed by atoms with Crippen LogP contribution in [0.2, 0.25) is 5.02 Å². The zero-order chi connectivity index (χ0) is 18.9. The van der Waals surface area contributed by atoms with E-state index in [1.54, 1.807) is 6.07 Å². The maximum Gasteiger partial charge on any atom is 0.418 e. The Bertz CT molecular complexity index is 889. The molecule has 0 aliphatic rings. The summed E-state index contributed by atoms with van der Waals surface area (Å²) in [4.78, 5) is 0. The molecule has 1 heterocycles. The third-order valence-electron chi connectivity index (χ3n) is 3.75. The summed E-state index contributed by atoms with van der Waals surface area (Å²) < 4.78 is 52.7. The highest BCUT2D eigenvalue weighted by Crippen LogP contribution is 2.33. The van der Waals surface area contributed by atoms with E-state index >= 15 is 0 Å². The van der Waals surface area contributed by atoms with E-state index in [1.165, 1.54) is 47.3 Å². The predicted octanol–water partition coefficient (Wildman–Crippen LogP) is 4.38. The fraction of sp³-hybridized carbons (Fsp3) is 0.176. The highest BCUT2D eigenvalue weighted by atomic mass is 35.5. The molecule has 0 bridgehead atoms. The summed E-state index contributed by atoms with van der Waals surface area (Å²) in [6.07, 6.45) is -5.75. The van der Waals surface area contributed by atoms with Crippen molar-refractivity contribution in [1.29, 1.82) is 0 Å². The molecule has 1 atom stereocenters. The Hall–Kier alpha value is -2.45. The Kier molecular flexibility index (Phi) is 4.97. The molecule has 9 heteroatoms. The third kappa shape index (κ3) is 3.86. The predicted molar refractivity (Wildman–Crippen MR) is 87.0 cm³/mol. The van der Waals surface area contributed by atoms with Crippen molar-refractivity contribution in [3.8, 4) is 11.3 Å². The molecule has 0 radical (unpaired) electrons. The van der Waals surface area contributed by atoms with Crippen LogP contribution in [-0.2, 0) is 6.54 Å². The Morgan fingerprint density at radius 2 is 1.81 bits per heavy atom. The summed E-state index contributed by atoms with van der Waals surface area (Å²) in [6, 6.07) is 9.46. The number of halogens is 5. The zero-order valence-electron chi connectivity index (χ0n) is 13.1. The van der Waals surface area contributed by atoms with Crippen molar-refractivity contribution < 1.29 is 22.7 Å². The average molecular weight is 386 g/mol. The first kappa shape index (κ1) is 18.3. The van der Waals surface area contributed by atoms with E-state index in [9.17, 15) is 22.7 Å². The topological polar surface area (TPSA) is 50.9 Å². The van der Waals surface area contributed by atoms with Crippen molar-refractivity contribution in [1.82, 2.24) is 15.0 Å². The molecule has 0 fully saturated rings. The molecule has 26 heavy (non-hydrogen) atoms. The molecule has 3 aromatic rings. The second-order valence-electron chi connectivity index (χ2n) is 5.57. The van der Waals surface area contributed by atoms with Crippen molar-refractivity contribution >= 4 is 11.6 Å². The van der Waals surface area contributed by atoms with Gasteiger partial charge >= 0.3 is 6.18 Å². The first-order valence-corrected chi connectivity index (χ1v) is 7.81. The minimum atomic E-state index is -4.73. The van der Waals surface area contributed by atoms with Crippen LogP contribution in [-0.4, -0.2) is 26.3 Å². The van der Waals surface area contributed by atoms with Gasteiger partial charge in [-0.25, -0.2) is 9.07 Å². The number of nitrogens with zero attached hydrogens (tertiary/aromatic N) is 3. The van der Waals surface area contributed by atoms with Gasteiger partial charge in [-0.3, -0.25) is 0 Å². The van der Waals surface area contributed by atoms with E-state index in [-0.39, 0.29) is 22.7 Å². The van der Waals surface area contributed by atoms with Gasteiger partial charge in [-0.2, -0.15) is 13.2 Å². The van der Waals surface area contributed by atoms with Gasteiger partial charge in [0.15, 0.2) is 6.10 Å². The molecule has 0 saturated carbocycles. The number of aromatic nitrogens is 3. The molecule has 0 aliphatic carbocycles. The Balaban J connectivity index is 1.80. The molecule has 0 amide bonds. The highest BCUT2D eigenvalue weighted by Gasteiger charge is 2.39. The summed E-state index contributed by atoms with van der Waals surface area (Å²) >= 11 is 5.97. The smallest absolute Gasteiger partial charge is 0.379 e. The molecule has 3 rings (SSSR count). The van der Waals surface area contributed by atoms with E-state index in [1.807, 2.05) is 0 Å². The minimum absolute atomic E-state index is 0.0589. The van der Waals surface area contributed by atoms with Gasteiger partial charge in [-0.05, 0) is 17.7 Å². The molecule has 0 saturated heterocycles. The Morgan fingerprint density at radius 3 is 2.42 bits per heavy atom.